The average molecular weight is 584 g/mol. The summed E-state index contributed by atoms with van der Waals surface area (Å²) in [5, 5.41) is 4.24. The van der Waals surface area contributed by atoms with Crippen LogP contribution >= 0.6 is 0 Å². The summed E-state index contributed by atoms with van der Waals surface area (Å²) in [7, 11) is -2.49. The lowest BCUT2D eigenvalue weighted by molar-refractivity contribution is 0.0892. The molecule has 1 N–H and O–H groups in total. The maximum absolute atomic E-state index is 13.5. The van der Waals surface area contributed by atoms with Crippen molar-refractivity contribution < 1.29 is 27.5 Å². The largest absolute Gasteiger partial charge is 0.495 e. The van der Waals surface area contributed by atoms with Crippen LogP contribution in [0.5, 0.6) is 5.75 Å². The highest BCUT2D eigenvalue weighted by molar-refractivity contribution is 7.89. The van der Waals surface area contributed by atoms with E-state index in [-0.39, 0.29) is 22.3 Å². The third-order valence-electron chi connectivity index (χ3n) is 7.91. The zero-order valence-electron chi connectivity index (χ0n) is 23.2. The number of benzene rings is 4. The third-order valence-corrected chi connectivity index (χ3v) is 9.94. The first kappa shape index (κ1) is 27.6. The molecule has 0 aliphatic carbocycles. The predicted octanol–water partition coefficient (Wildman–Crippen LogP) is 5.46. The molecular weight excluding hydrogens is 554 g/mol. The molecule has 6 rings (SSSR count). The molecular formula is C32H29N3O6S. The van der Waals surface area contributed by atoms with Crippen LogP contribution in [0.2, 0.25) is 0 Å². The Morgan fingerprint density at radius 1 is 0.905 bits per heavy atom. The molecule has 0 saturated carbocycles. The summed E-state index contributed by atoms with van der Waals surface area (Å²) in [6.07, 6.45) is 2.52. The molecule has 10 heteroatoms. The Bertz CT molecular complexity index is 1800. The van der Waals surface area contributed by atoms with Gasteiger partial charge in [-0.3, -0.25) is 14.4 Å². The standard InChI is InChI=1S/C32H29N3O6S/c1-20-7-3-4-18-34(20)42(39,40)28-19-22(12-17-27(28)41-2)30(36)33-23-13-15-24(16-14-23)35-31(37)25-10-5-8-21-9-6-11-26(29(21)25)32(35)38/h5-6,8-17,19-20H,3-4,7,18H2,1-2H3,(H,33,36)/t20-/m0/s1. The summed E-state index contributed by atoms with van der Waals surface area (Å²) in [4.78, 5) is 40.9. The fraction of sp³-hybridized carbons (Fsp3) is 0.219. The fourth-order valence-corrected chi connectivity index (χ4v) is 7.62. The van der Waals surface area contributed by atoms with Crippen LogP contribution in [0.1, 0.15) is 57.3 Å². The van der Waals surface area contributed by atoms with Gasteiger partial charge in [-0.1, -0.05) is 30.7 Å². The SMILES string of the molecule is COc1ccc(C(=O)Nc2ccc(N3C(=O)c4cccc5cccc(c45)C3=O)cc2)cc1S(=O)(=O)N1CCCC[C@@H]1C. The fourth-order valence-electron chi connectivity index (χ4n) is 5.74. The molecule has 4 aromatic rings. The second kappa shape index (κ2) is 10.7. The summed E-state index contributed by atoms with van der Waals surface area (Å²) in [6.45, 7) is 2.30. The Kier molecular flexibility index (Phi) is 7.04. The van der Waals surface area contributed by atoms with Gasteiger partial charge < -0.3 is 10.1 Å². The lowest BCUT2D eigenvalue weighted by Crippen LogP contribution is -2.42. The zero-order chi connectivity index (χ0) is 29.6. The topological polar surface area (TPSA) is 113 Å². The van der Waals surface area contributed by atoms with Gasteiger partial charge in [0.2, 0.25) is 10.0 Å². The molecule has 9 nitrogen and oxygen atoms in total. The number of carbonyl (C=O) groups excluding carboxylic acids is 3. The molecule has 214 valence electrons. The Morgan fingerprint density at radius 3 is 2.19 bits per heavy atom. The second-order valence-electron chi connectivity index (χ2n) is 10.5. The van der Waals surface area contributed by atoms with E-state index in [1.54, 1.807) is 48.5 Å². The first-order valence-corrected chi connectivity index (χ1v) is 15.2. The number of rotatable bonds is 6. The van der Waals surface area contributed by atoms with E-state index >= 15 is 0 Å². The molecule has 0 spiro atoms. The first-order chi connectivity index (χ1) is 20.2. The number of ether oxygens (including phenoxy) is 1. The second-order valence-corrected chi connectivity index (χ2v) is 12.3. The minimum atomic E-state index is -3.89. The van der Waals surface area contributed by atoms with Gasteiger partial charge in [-0.25, -0.2) is 13.3 Å². The van der Waals surface area contributed by atoms with Crippen LogP contribution in [0.4, 0.5) is 11.4 Å². The number of carbonyl (C=O) groups is 3. The Morgan fingerprint density at radius 2 is 1.57 bits per heavy atom. The van der Waals surface area contributed by atoms with E-state index in [4.69, 9.17) is 4.74 Å². The van der Waals surface area contributed by atoms with E-state index < -0.39 is 27.7 Å². The molecule has 2 heterocycles. The van der Waals surface area contributed by atoms with Crippen molar-refractivity contribution in [3.05, 3.63) is 95.6 Å². The average Bonchev–Trinajstić information content (AvgIpc) is 3.00. The van der Waals surface area contributed by atoms with E-state index in [1.807, 2.05) is 19.1 Å². The normalized spacial score (nSPS) is 17.4. The van der Waals surface area contributed by atoms with Gasteiger partial charge in [0, 0.05) is 40.4 Å². The van der Waals surface area contributed by atoms with Crippen molar-refractivity contribution in [1.82, 2.24) is 4.31 Å². The molecule has 1 fully saturated rings. The highest BCUT2D eigenvalue weighted by atomic mass is 32.2. The van der Waals surface area contributed by atoms with Gasteiger partial charge in [0.1, 0.15) is 10.6 Å². The third kappa shape index (κ3) is 4.62. The van der Waals surface area contributed by atoms with Crippen molar-refractivity contribution in [1.29, 1.82) is 0 Å². The van der Waals surface area contributed by atoms with Crippen molar-refractivity contribution in [2.24, 2.45) is 0 Å². The van der Waals surface area contributed by atoms with Gasteiger partial charge in [-0.2, -0.15) is 4.31 Å². The number of hydrogen-bond acceptors (Lipinski definition) is 6. The summed E-state index contributed by atoms with van der Waals surface area (Å²) in [5.41, 5.74) is 1.82. The van der Waals surface area contributed by atoms with Crippen LogP contribution in [0.15, 0.2) is 83.8 Å². The number of imide groups is 1. The number of hydrogen-bond donors (Lipinski definition) is 1. The molecule has 2 aliphatic heterocycles. The Hall–Kier alpha value is -4.54. The van der Waals surface area contributed by atoms with E-state index in [0.29, 0.717) is 34.4 Å². The molecule has 1 atom stereocenters. The highest BCUT2D eigenvalue weighted by Crippen LogP contribution is 2.34. The molecule has 0 bridgehead atoms. The van der Waals surface area contributed by atoms with Crippen molar-refractivity contribution in [3.8, 4) is 5.75 Å². The lowest BCUT2D eigenvalue weighted by atomic mass is 9.94. The van der Waals surface area contributed by atoms with E-state index in [1.165, 1.54) is 29.6 Å². The van der Waals surface area contributed by atoms with Crippen LogP contribution < -0.4 is 15.0 Å². The first-order valence-electron chi connectivity index (χ1n) is 13.7. The van der Waals surface area contributed by atoms with Crippen molar-refractivity contribution in [2.45, 2.75) is 37.1 Å². The lowest BCUT2D eigenvalue weighted by Gasteiger charge is -2.32. The van der Waals surface area contributed by atoms with Crippen molar-refractivity contribution >= 4 is 49.9 Å². The van der Waals surface area contributed by atoms with Gasteiger partial charge in [-0.15, -0.1) is 0 Å². The Balaban J connectivity index is 1.24. The number of nitrogens with zero attached hydrogens (tertiary/aromatic N) is 2. The number of amides is 3. The van der Waals surface area contributed by atoms with Crippen LogP contribution in [-0.4, -0.2) is 50.1 Å². The molecule has 3 amide bonds. The highest BCUT2D eigenvalue weighted by Gasteiger charge is 2.35. The smallest absolute Gasteiger partial charge is 0.265 e. The number of anilines is 2. The van der Waals surface area contributed by atoms with E-state index in [2.05, 4.69) is 5.32 Å². The van der Waals surface area contributed by atoms with Gasteiger partial charge in [0.15, 0.2) is 0 Å². The van der Waals surface area contributed by atoms with Gasteiger partial charge >= 0.3 is 0 Å². The quantitative estimate of drug-likeness (QED) is 0.302. The molecule has 0 aromatic heterocycles. The summed E-state index contributed by atoms with van der Waals surface area (Å²) >= 11 is 0. The van der Waals surface area contributed by atoms with Crippen molar-refractivity contribution in [3.63, 3.8) is 0 Å². The van der Waals surface area contributed by atoms with Gasteiger partial charge in [-0.05, 0) is 79.7 Å². The number of piperidine rings is 1. The molecule has 2 aliphatic rings. The summed E-state index contributed by atoms with van der Waals surface area (Å²) < 4.78 is 33.9. The minimum Gasteiger partial charge on any atom is -0.495 e. The number of methoxy groups -OCH3 is 1. The molecule has 0 unspecified atom stereocenters. The zero-order valence-corrected chi connectivity index (χ0v) is 24.0. The van der Waals surface area contributed by atoms with E-state index in [9.17, 15) is 22.8 Å². The van der Waals surface area contributed by atoms with Crippen LogP contribution in [-0.2, 0) is 10.0 Å². The van der Waals surface area contributed by atoms with Crippen LogP contribution in [0.25, 0.3) is 10.8 Å². The monoisotopic (exact) mass is 583 g/mol. The molecule has 1 saturated heterocycles. The molecule has 42 heavy (non-hydrogen) atoms. The van der Waals surface area contributed by atoms with Gasteiger partial charge in [0.05, 0.1) is 12.8 Å². The number of nitrogens with one attached hydrogen (secondary N) is 1. The minimum absolute atomic E-state index is 0.0563. The maximum Gasteiger partial charge on any atom is 0.265 e. The molecule has 0 radical (unpaired) electrons. The van der Waals surface area contributed by atoms with Gasteiger partial charge in [0.25, 0.3) is 17.7 Å². The number of sulfonamides is 1. The van der Waals surface area contributed by atoms with Crippen molar-refractivity contribution in [2.75, 3.05) is 23.9 Å². The van der Waals surface area contributed by atoms with Crippen LogP contribution in [0.3, 0.4) is 0 Å². The van der Waals surface area contributed by atoms with Crippen LogP contribution in [0, 0.1) is 0 Å². The van der Waals surface area contributed by atoms with E-state index in [0.717, 1.165) is 29.5 Å². The summed E-state index contributed by atoms with van der Waals surface area (Å²) in [6, 6.07) is 21.2. The predicted molar refractivity (Wildman–Crippen MR) is 160 cm³/mol. The summed E-state index contributed by atoms with van der Waals surface area (Å²) in [5.74, 6) is -1.19. The maximum atomic E-state index is 13.5. The molecule has 4 aromatic carbocycles. The Labute approximate surface area is 243 Å².